The van der Waals surface area contributed by atoms with Crippen LogP contribution in [0.3, 0.4) is 0 Å². The van der Waals surface area contributed by atoms with Crippen molar-refractivity contribution in [2.75, 3.05) is 13.1 Å². The lowest BCUT2D eigenvalue weighted by Crippen LogP contribution is -2.44. The van der Waals surface area contributed by atoms with E-state index in [0.717, 1.165) is 4.90 Å². The standard InChI is InChI=1S/C24H27N5O5.ClH/c1-3-29-23(34)28(22(33)24(29,2)17-11-9-16(10-12-17)21(25)26)14-19(30)27-18(13-20(31)32)15-7-5-4-6-8-15;/h4-12,18H,3,13-14H2,1-2H3,(H3,25,26)(H,27,30)(H,31,32);1H/t18-,24-;/m0./s1. The maximum atomic E-state index is 13.4. The predicted molar refractivity (Wildman–Crippen MR) is 131 cm³/mol. The van der Waals surface area contributed by atoms with Crippen LogP contribution >= 0.6 is 12.4 Å². The number of carbonyl (C=O) groups is 4. The number of imide groups is 1. The number of benzene rings is 2. The summed E-state index contributed by atoms with van der Waals surface area (Å²) in [6, 6.07) is 13.6. The van der Waals surface area contributed by atoms with Gasteiger partial charge in [0.15, 0.2) is 0 Å². The number of carboxylic acids is 1. The number of hydrogen-bond acceptors (Lipinski definition) is 5. The van der Waals surface area contributed by atoms with E-state index in [1.165, 1.54) is 4.90 Å². The number of carbonyl (C=O) groups excluding carboxylic acids is 3. The summed E-state index contributed by atoms with van der Waals surface area (Å²) >= 11 is 0. The molecule has 5 N–H and O–H groups in total. The van der Waals surface area contributed by atoms with Crippen molar-refractivity contribution in [3.05, 3.63) is 71.3 Å². The molecule has 1 aliphatic rings. The predicted octanol–water partition coefficient (Wildman–Crippen LogP) is 2.22. The lowest BCUT2D eigenvalue weighted by atomic mass is 9.89. The molecule has 3 rings (SSSR count). The van der Waals surface area contributed by atoms with Gasteiger partial charge in [0.25, 0.3) is 5.91 Å². The second kappa shape index (κ2) is 11.0. The van der Waals surface area contributed by atoms with E-state index < -0.39 is 41.9 Å². The molecule has 35 heavy (non-hydrogen) atoms. The van der Waals surface area contributed by atoms with Gasteiger partial charge in [0.2, 0.25) is 5.91 Å². The van der Waals surface area contributed by atoms with Crippen molar-refractivity contribution in [2.45, 2.75) is 31.8 Å². The van der Waals surface area contributed by atoms with Crippen molar-refractivity contribution in [1.29, 1.82) is 5.41 Å². The first-order chi connectivity index (χ1) is 16.1. The number of nitrogens with zero attached hydrogens (tertiary/aromatic N) is 2. The van der Waals surface area contributed by atoms with Crippen LogP contribution in [0.25, 0.3) is 0 Å². The number of hydrogen-bond donors (Lipinski definition) is 4. The lowest BCUT2D eigenvalue weighted by Gasteiger charge is -2.31. The fourth-order valence-corrected chi connectivity index (χ4v) is 4.14. The van der Waals surface area contributed by atoms with Gasteiger partial charge in [-0.25, -0.2) is 4.79 Å². The molecule has 2 atom stereocenters. The molecule has 11 heteroatoms. The number of nitrogens with one attached hydrogen (secondary N) is 2. The number of nitrogens with two attached hydrogens (primary N) is 1. The van der Waals surface area contributed by atoms with Crippen LogP contribution in [-0.2, 0) is 19.9 Å². The Hall–Kier alpha value is -3.92. The van der Waals surface area contributed by atoms with Crippen molar-refractivity contribution >= 4 is 42.1 Å². The quantitative estimate of drug-likeness (QED) is 0.234. The average Bonchev–Trinajstić information content (AvgIpc) is 2.99. The highest BCUT2D eigenvalue weighted by Crippen LogP contribution is 2.37. The van der Waals surface area contributed by atoms with Crippen LogP contribution in [0.4, 0.5) is 4.79 Å². The largest absolute Gasteiger partial charge is 0.481 e. The number of amides is 4. The molecule has 1 aliphatic heterocycles. The molecule has 0 aromatic heterocycles. The van der Waals surface area contributed by atoms with Gasteiger partial charge in [-0.1, -0.05) is 54.6 Å². The Balaban J connectivity index is 0.00000432. The van der Waals surface area contributed by atoms with Gasteiger partial charge >= 0.3 is 12.0 Å². The summed E-state index contributed by atoms with van der Waals surface area (Å²) in [5.74, 6) is -2.43. The van der Waals surface area contributed by atoms with Crippen molar-refractivity contribution in [2.24, 2.45) is 5.73 Å². The molecular weight excluding hydrogens is 474 g/mol. The van der Waals surface area contributed by atoms with E-state index >= 15 is 0 Å². The first kappa shape index (κ1) is 27.3. The van der Waals surface area contributed by atoms with Gasteiger partial charge in [-0.2, -0.15) is 0 Å². The molecule has 1 saturated heterocycles. The van der Waals surface area contributed by atoms with Gasteiger partial charge < -0.3 is 21.1 Å². The number of amidine groups is 1. The van der Waals surface area contributed by atoms with Crippen LogP contribution in [-0.4, -0.2) is 57.6 Å². The van der Waals surface area contributed by atoms with Gasteiger partial charge in [-0.3, -0.25) is 24.7 Å². The summed E-state index contributed by atoms with van der Waals surface area (Å²) in [6.07, 6.45) is -0.348. The van der Waals surface area contributed by atoms with Crippen molar-refractivity contribution in [3.8, 4) is 0 Å². The Kier molecular flexibility index (Phi) is 8.59. The second-order valence-electron chi connectivity index (χ2n) is 8.11. The molecule has 0 spiro atoms. The lowest BCUT2D eigenvalue weighted by molar-refractivity contribution is -0.139. The smallest absolute Gasteiger partial charge is 0.328 e. The molecule has 2 aromatic carbocycles. The summed E-state index contributed by atoms with van der Waals surface area (Å²) in [4.78, 5) is 52.9. The van der Waals surface area contributed by atoms with Crippen LogP contribution < -0.4 is 11.1 Å². The number of aliphatic carboxylic acids is 1. The topological polar surface area (TPSA) is 157 Å². The molecule has 1 fully saturated rings. The van der Waals surface area contributed by atoms with E-state index in [-0.39, 0.29) is 31.2 Å². The molecule has 0 saturated carbocycles. The Morgan fingerprint density at radius 3 is 2.23 bits per heavy atom. The number of halogens is 1. The summed E-state index contributed by atoms with van der Waals surface area (Å²) in [7, 11) is 0. The van der Waals surface area contributed by atoms with Gasteiger partial charge in [0.1, 0.15) is 17.9 Å². The zero-order valence-corrected chi connectivity index (χ0v) is 20.2. The molecule has 2 aromatic rings. The number of likely N-dealkylation sites (N-methyl/N-ethyl adjacent to an activating group) is 1. The normalized spacial score (nSPS) is 18.1. The Labute approximate surface area is 209 Å². The van der Waals surface area contributed by atoms with Crippen molar-refractivity contribution in [3.63, 3.8) is 0 Å². The summed E-state index contributed by atoms with van der Waals surface area (Å²) < 4.78 is 0. The van der Waals surface area contributed by atoms with Crippen molar-refractivity contribution in [1.82, 2.24) is 15.1 Å². The molecule has 1 heterocycles. The minimum atomic E-state index is -1.35. The average molecular weight is 502 g/mol. The van der Waals surface area contributed by atoms with Crippen molar-refractivity contribution < 1.29 is 24.3 Å². The van der Waals surface area contributed by atoms with E-state index in [0.29, 0.717) is 16.7 Å². The monoisotopic (exact) mass is 501 g/mol. The number of nitrogen functional groups attached to an aromatic ring is 1. The minimum Gasteiger partial charge on any atom is -0.481 e. The highest BCUT2D eigenvalue weighted by Gasteiger charge is 2.55. The van der Waals surface area contributed by atoms with E-state index in [1.807, 2.05) is 0 Å². The molecule has 0 bridgehead atoms. The molecule has 0 radical (unpaired) electrons. The van der Waals surface area contributed by atoms with E-state index in [9.17, 15) is 24.3 Å². The minimum absolute atomic E-state index is 0. The first-order valence-electron chi connectivity index (χ1n) is 10.7. The first-order valence-corrected chi connectivity index (χ1v) is 10.7. The van der Waals surface area contributed by atoms with Crippen LogP contribution in [0.1, 0.15) is 43.0 Å². The maximum absolute atomic E-state index is 13.4. The van der Waals surface area contributed by atoms with Crippen LogP contribution in [0, 0.1) is 5.41 Å². The summed E-state index contributed by atoms with van der Waals surface area (Å²) in [5.41, 5.74) is 5.76. The summed E-state index contributed by atoms with van der Waals surface area (Å²) in [5, 5.41) is 19.4. The number of carboxylic acid groups (broad SMARTS) is 1. The van der Waals surface area contributed by atoms with Crippen LogP contribution in [0.2, 0.25) is 0 Å². The number of rotatable bonds is 9. The third kappa shape index (κ3) is 5.43. The highest BCUT2D eigenvalue weighted by atomic mass is 35.5. The van der Waals surface area contributed by atoms with Crippen LogP contribution in [0.15, 0.2) is 54.6 Å². The fraction of sp³-hybridized carbons (Fsp3) is 0.292. The van der Waals surface area contributed by atoms with Gasteiger partial charge in [0.05, 0.1) is 12.5 Å². The number of urea groups is 1. The Morgan fingerprint density at radius 2 is 1.71 bits per heavy atom. The maximum Gasteiger partial charge on any atom is 0.328 e. The fourth-order valence-electron chi connectivity index (χ4n) is 4.14. The molecule has 10 nitrogen and oxygen atoms in total. The SMILES string of the molecule is CCN1C(=O)N(CC(=O)N[C@@H](CC(=O)O)c2ccccc2)C(=O)[C@]1(C)c1ccc(C(=N)N)cc1.Cl. The molecular formula is C24H28ClN5O5. The van der Waals surface area contributed by atoms with E-state index in [1.54, 1.807) is 68.4 Å². The van der Waals surface area contributed by atoms with E-state index in [2.05, 4.69) is 5.32 Å². The van der Waals surface area contributed by atoms with Gasteiger partial charge in [-0.15, -0.1) is 12.4 Å². The highest BCUT2D eigenvalue weighted by molar-refractivity contribution is 6.09. The third-order valence-corrected chi connectivity index (χ3v) is 5.96. The third-order valence-electron chi connectivity index (χ3n) is 5.96. The second-order valence-corrected chi connectivity index (χ2v) is 8.11. The van der Waals surface area contributed by atoms with Gasteiger partial charge in [0, 0.05) is 12.1 Å². The van der Waals surface area contributed by atoms with E-state index in [4.69, 9.17) is 11.1 Å². The van der Waals surface area contributed by atoms with Gasteiger partial charge in [-0.05, 0) is 25.0 Å². The molecule has 0 unspecified atom stereocenters. The molecule has 4 amide bonds. The Bertz CT molecular complexity index is 1120. The Morgan fingerprint density at radius 1 is 1.11 bits per heavy atom. The zero-order chi connectivity index (χ0) is 25.0. The van der Waals surface area contributed by atoms with Crippen LogP contribution in [0.5, 0.6) is 0 Å². The molecule has 186 valence electrons. The summed E-state index contributed by atoms with van der Waals surface area (Å²) in [6.45, 7) is 3.02. The zero-order valence-electron chi connectivity index (χ0n) is 19.4. The molecule has 0 aliphatic carbocycles.